The van der Waals surface area contributed by atoms with Gasteiger partial charge in [-0.3, -0.25) is 0 Å². The van der Waals surface area contributed by atoms with Crippen molar-refractivity contribution in [2.24, 2.45) is 0 Å². The number of benzene rings is 2. The molecule has 0 amide bonds. The van der Waals surface area contributed by atoms with E-state index in [9.17, 15) is 4.39 Å². The van der Waals surface area contributed by atoms with Crippen molar-refractivity contribution in [2.75, 3.05) is 12.8 Å². The second-order valence-electron chi connectivity index (χ2n) is 7.03. The summed E-state index contributed by atoms with van der Waals surface area (Å²) in [6.07, 6.45) is 1.40. The predicted octanol–water partition coefficient (Wildman–Crippen LogP) is 4.53. The monoisotopic (exact) mass is 406 g/mol. The SMILES string of the molecule is COc1cc(F)cc(Oc2ccc(-n3c4c(c5ncnc(N)c53)C(C)OC4)cc2)c1. The van der Waals surface area contributed by atoms with Crippen LogP contribution in [0.5, 0.6) is 17.2 Å². The average Bonchev–Trinajstić information content (AvgIpc) is 3.27. The van der Waals surface area contributed by atoms with Gasteiger partial charge in [-0.05, 0) is 31.2 Å². The van der Waals surface area contributed by atoms with Crippen molar-refractivity contribution in [2.45, 2.75) is 19.6 Å². The maximum Gasteiger partial charge on any atom is 0.151 e. The van der Waals surface area contributed by atoms with E-state index in [1.165, 1.54) is 25.6 Å². The van der Waals surface area contributed by atoms with Gasteiger partial charge in [0.05, 0.1) is 25.5 Å². The fourth-order valence-corrected chi connectivity index (χ4v) is 3.86. The van der Waals surface area contributed by atoms with Gasteiger partial charge < -0.3 is 24.5 Å². The lowest BCUT2D eigenvalue weighted by atomic mass is 10.1. The molecular formula is C22H19FN4O3. The van der Waals surface area contributed by atoms with E-state index in [4.69, 9.17) is 19.9 Å². The van der Waals surface area contributed by atoms with E-state index in [1.54, 1.807) is 6.07 Å². The summed E-state index contributed by atoms with van der Waals surface area (Å²) in [5, 5.41) is 0. The molecule has 0 bridgehead atoms. The zero-order valence-corrected chi connectivity index (χ0v) is 16.4. The van der Waals surface area contributed by atoms with Gasteiger partial charge in [-0.25, -0.2) is 14.4 Å². The van der Waals surface area contributed by atoms with Gasteiger partial charge in [0, 0.05) is 29.4 Å². The molecule has 2 aromatic heterocycles. The molecule has 0 saturated carbocycles. The molecule has 0 radical (unpaired) electrons. The first-order chi connectivity index (χ1) is 14.5. The van der Waals surface area contributed by atoms with E-state index in [-0.39, 0.29) is 6.10 Å². The van der Waals surface area contributed by atoms with Crippen LogP contribution in [0.25, 0.3) is 16.7 Å². The molecule has 1 atom stereocenters. The molecule has 1 aliphatic heterocycles. The summed E-state index contributed by atoms with van der Waals surface area (Å²) in [6, 6.07) is 11.7. The van der Waals surface area contributed by atoms with Crippen molar-refractivity contribution in [1.29, 1.82) is 0 Å². The predicted molar refractivity (Wildman–Crippen MR) is 110 cm³/mol. The van der Waals surface area contributed by atoms with Crippen molar-refractivity contribution in [3.05, 3.63) is 65.9 Å². The first-order valence-corrected chi connectivity index (χ1v) is 9.43. The highest BCUT2D eigenvalue weighted by molar-refractivity contribution is 5.91. The fourth-order valence-electron chi connectivity index (χ4n) is 3.86. The maximum atomic E-state index is 13.7. The van der Waals surface area contributed by atoms with Crippen molar-refractivity contribution in [1.82, 2.24) is 14.5 Å². The van der Waals surface area contributed by atoms with E-state index < -0.39 is 5.82 Å². The van der Waals surface area contributed by atoms with Crippen LogP contribution in [0.1, 0.15) is 24.3 Å². The molecule has 4 aromatic rings. The van der Waals surface area contributed by atoms with Crippen LogP contribution < -0.4 is 15.2 Å². The molecule has 0 fully saturated rings. The van der Waals surface area contributed by atoms with Crippen molar-refractivity contribution >= 4 is 16.9 Å². The molecule has 1 aliphatic rings. The van der Waals surface area contributed by atoms with E-state index in [2.05, 4.69) is 9.97 Å². The Morgan fingerprint density at radius 1 is 1.10 bits per heavy atom. The third kappa shape index (κ3) is 2.93. The number of nitrogen functional groups attached to an aromatic ring is 1. The molecule has 0 spiro atoms. The molecule has 5 rings (SSSR count). The van der Waals surface area contributed by atoms with Gasteiger partial charge in [0.2, 0.25) is 0 Å². The van der Waals surface area contributed by atoms with Gasteiger partial charge in [0.15, 0.2) is 5.82 Å². The van der Waals surface area contributed by atoms with Gasteiger partial charge in [-0.2, -0.15) is 0 Å². The molecule has 7 nitrogen and oxygen atoms in total. The minimum atomic E-state index is -0.431. The number of fused-ring (bicyclic) bond motifs is 3. The van der Waals surface area contributed by atoms with Gasteiger partial charge in [-0.1, -0.05) is 0 Å². The van der Waals surface area contributed by atoms with Crippen LogP contribution in [-0.2, 0) is 11.3 Å². The highest BCUT2D eigenvalue weighted by Gasteiger charge is 2.30. The molecule has 2 aromatic carbocycles. The van der Waals surface area contributed by atoms with Crippen molar-refractivity contribution < 1.29 is 18.6 Å². The Morgan fingerprint density at radius 3 is 2.63 bits per heavy atom. The molecule has 152 valence electrons. The van der Waals surface area contributed by atoms with Crippen LogP contribution in [-0.4, -0.2) is 21.6 Å². The Balaban J connectivity index is 1.54. The molecule has 0 saturated heterocycles. The lowest BCUT2D eigenvalue weighted by Crippen LogP contribution is -2.03. The Hall–Kier alpha value is -3.65. The summed E-state index contributed by atoms with van der Waals surface area (Å²) < 4.78 is 32.4. The van der Waals surface area contributed by atoms with E-state index in [0.717, 1.165) is 28.0 Å². The number of ether oxygens (including phenoxy) is 3. The van der Waals surface area contributed by atoms with E-state index in [1.807, 2.05) is 35.8 Å². The first kappa shape index (κ1) is 18.4. The quantitative estimate of drug-likeness (QED) is 0.536. The highest BCUT2D eigenvalue weighted by atomic mass is 19.1. The summed E-state index contributed by atoms with van der Waals surface area (Å²) in [4.78, 5) is 8.61. The second kappa shape index (κ2) is 7.00. The van der Waals surface area contributed by atoms with Crippen LogP contribution in [0.4, 0.5) is 10.2 Å². The number of hydrogen-bond donors (Lipinski definition) is 1. The average molecular weight is 406 g/mol. The van der Waals surface area contributed by atoms with Crippen LogP contribution in [0.15, 0.2) is 48.8 Å². The second-order valence-corrected chi connectivity index (χ2v) is 7.03. The smallest absolute Gasteiger partial charge is 0.151 e. The first-order valence-electron chi connectivity index (χ1n) is 9.43. The molecule has 2 N–H and O–H groups in total. The third-order valence-electron chi connectivity index (χ3n) is 5.20. The number of hydrogen-bond acceptors (Lipinski definition) is 6. The summed E-state index contributed by atoms with van der Waals surface area (Å²) >= 11 is 0. The summed E-state index contributed by atoms with van der Waals surface area (Å²) in [7, 11) is 1.48. The number of aromatic nitrogens is 3. The zero-order chi connectivity index (χ0) is 20.8. The maximum absolute atomic E-state index is 13.7. The van der Waals surface area contributed by atoms with E-state index >= 15 is 0 Å². The number of anilines is 1. The number of rotatable bonds is 4. The van der Waals surface area contributed by atoms with Gasteiger partial charge in [0.1, 0.15) is 40.4 Å². The van der Waals surface area contributed by atoms with Gasteiger partial charge in [0.25, 0.3) is 0 Å². The minimum absolute atomic E-state index is 0.0661. The fraction of sp³-hybridized carbons (Fsp3) is 0.182. The van der Waals surface area contributed by atoms with E-state index in [0.29, 0.717) is 29.7 Å². The number of methoxy groups -OCH3 is 1. The molecular weight excluding hydrogens is 387 g/mol. The Labute approximate surface area is 171 Å². The molecule has 1 unspecified atom stereocenters. The molecule has 0 aliphatic carbocycles. The van der Waals surface area contributed by atoms with Gasteiger partial charge >= 0.3 is 0 Å². The zero-order valence-electron chi connectivity index (χ0n) is 16.4. The topological polar surface area (TPSA) is 84.4 Å². The third-order valence-corrected chi connectivity index (χ3v) is 5.20. The number of nitrogens with zero attached hydrogens (tertiary/aromatic N) is 3. The van der Waals surface area contributed by atoms with Crippen molar-refractivity contribution in [3.63, 3.8) is 0 Å². The number of halogens is 1. The Kier molecular flexibility index (Phi) is 4.29. The van der Waals surface area contributed by atoms with Crippen LogP contribution in [0.3, 0.4) is 0 Å². The normalized spacial score (nSPS) is 15.4. The van der Waals surface area contributed by atoms with Gasteiger partial charge in [-0.15, -0.1) is 0 Å². The summed E-state index contributed by atoms with van der Waals surface area (Å²) in [5.41, 5.74) is 10.7. The van der Waals surface area contributed by atoms with Crippen LogP contribution >= 0.6 is 0 Å². The molecule has 30 heavy (non-hydrogen) atoms. The van der Waals surface area contributed by atoms with Crippen LogP contribution in [0, 0.1) is 5.82 Å². The molecule has 8 heteroatoms. The standard InChI is InChI=1S/C22H19FN4O3/c1-12-19-18(10-29-12)27(21-20(19)25-11-26-22(21)24)14-3-5-15(6-4-14)30-17-8-13(23)7-16(9-17)28-2/h3-9,11-12H,10H2,1-2H3,(H2,24,25,26). The molecule has 3 heterocycles. The summed E-state index contributed by atoms with van der Waals surface area (Å²) in [6.45, 7) is 2.46. The Morgan fingerprint density at radius 2 is 1.87 bits per heavy atom. The highest BCUT2D eigenvalue weighted by Crippen LogP contribution is 2.41. The Bertz CT molecular complexity index is 1250. The van der Waals surface area contributed by atoms with Crippen LogP contribution in [0.2, 0.25) is 0 Å². The largest absolute Gasteiger partial charge is 0.497 e. The lowest BCUT2D eigenvalue weighted by molar-refractivity contribution is 0.0783. The summed E-state index contributed by atoms with van der Waals surface area (Å²) in [5.74, 6) is 1.29. The lowest BCUT2D eigenvalue weighted by Gasteiger charge is -2.12. The minimum Gasteiger partial charge on any atom is -0.497 e. The number of nitrogens with two attached hydrogens (primary N) is 1. The van der Waals surface area contributed by atoms with Crippen molar-refractivity contribution in [3.8, 4) is 22.9 Å².